The number of nitrogens with two attached hydrogens (primary N) is 1. The van der Waals surface area contributed by atoms with E-state index in [-0.39, 0.29) is 6.04 Å². The summed E-state index contributed by atoms with van der Waals surface area (Å²) in [6, 6.07) is 7.95. The van der Waals surface area contributed by atoms with Crippen molar-refractivity contribution in [1.82, 2.24) is 0 Å². The minimum absolute atomic E-state index is 0.0358. The Morgan fingerprint density at radius 2 is 2.08 bits per heavy atom. The lowest BCUT2D eigenvalue weighted by Crippen LogP contribution is -2.03. The van der Waals surface area contributed by atoms with Gasteiger partial charge in [-0.05, 0) is 13.0 Å². The van der Waals surface area contributed by atoms with E-state index in [1.54, 1.807) is 6.26 Å². The fraction of sp³-hybridized carbons (Fsp3) is 0.200. The van der Waals surface area contributed by atoms with Crippen LogP contribution >= 0.6 is 0 Å². The summed E-state index contributed by atoms with van der Waals surface area (Å²) in [5, 5.41) is 1.12. The Morgan fingerprint density at radius 1 is 1.33 bits per heavy atom. The van der Waals surface area contributed by atoms with Gasteiger partial charge in [-0.15, -0.1) is 0 Å². The Kier molecular flexibility index (Phi) is 1.62. The van der Waals surface area contributed by atoms with Crippen LogP contribution in [0, 0.1) is 0 Å². The molecule has 1 heterocycles. The third kappa shape index (κ3) is 1.01. The van der Waals surface area contributed by atoms with Crippen LogP contribution in [0.3, 0.4) is 0 Å². The van der Waals surface area contributed by atoms with Gasteiger partial charge < -0.3 is 10.2 Å². The zero-order valence-electron chi connectivity index (χ0n) is 6.95. The normalized spacial score (nSPS) is 13.5. The number of para-hydroxylation sites is 1. The fourth-order valence-corrected chi connectivity index (χ4v) is 1.35. The summed E-state index contributed by atoms with van der Waals surface area (Å²) in [7, 11) is 0. The molecule has 2 nitrogen and oxygen atoms in total. The second-order valence-corrected chi connectivity index (χ2v) is 2.98. The first-order chi connectivity index (χ1) is 5.79. The van der Waals surface area contributed by atoms with Gasteiger partial charge in [-0.2, -0.15) is 0 Å². The van der Waals surface area contributed by atoms with Crippen molar-refractivity contribution < 1.29 is 4.42 Å². The fourth-order valence-electron chi connectivity index (χ4n) is 1.35. The molecule has 0 aliphatic rings. The monoisotopic (exact) mass is 161 g/mol. The number of fused-ring (bicyclic) bond motifs is 1. The van der Waals surface area contributed by atoms with Crippen molar-refractivity contribution in [1.29, 1.82) is 0 Å². The van der Waals surface area contributed by atoms with Crippen LogP contribution in [0.5, 0.6) is 0 Å². The summed E-state index contributed by atoms with van der Waals surface area (Å²) >= 11 is 0. The molecule has 62 valence electrons. The molecule has 0 saturated carbocycles. The molecule has 1 aromatic carbocycles. The Balaban J connectivity index is 2.70. The van der Waals surface area contributed by atoms with E-state index in [4.69, 9.17) is 10.2 Å². The van der Waals surface area contributed by atoms with Crippen molar-refractivity contribution >= 4 is 11.0 Å². The summed E-state index contributed by atoms with van der Waals surface area (Å²) < 4.78 is 5.33. The van der Waals surface area contributed by atoms with Gasteiger partial charge >= 0.3 is 0 Å². The van der Waals surface area contributed by atoms with Gasteiger partial charge in [0.25, 0.3) is 0 Å². The Morgan fingerprint density at radius 3 is 2.83 bits per heavy atom. The Hall–Kier alpha value is -1.28. The first-order valence-corrected chi connectivity index (χ1v) is 4.01. The van der Waals surface area contributed by atoms with Gasteiger partial charge in [0.05, 0.1) is 6.26 Å². The highest BCUT2D eigenvalue weighted by molar-refractivity contribution is 5.81. The average Bonchev–Trinajstić information content (AvgIpc) is 2.47. The minimum atomic E-state index is 0.0358. The lowest BCUT2D eigenvalue weighted by atomic mass is 10.1. The smallest absolute Gasteiger partial charge is 0.134 e. The number of benzene rings is 1. The van der Waals surface area contributed by atoms with E-state index in [0.29, 0.717) is 0 Å². The molecule has 2 aromatic rings. The van der Waals surface area contributed by atoms with Gasteiger partial charge in [0, 0.05) is 17.0 Å². The van der Waals surface area contributed by atoms with E-state index in [2.05, 4.69) is 0 Å². The second-order valence-electron chi connectivity index (χ2n) is 2.98. The second kappa shape index (κ2) is 2.64. The highest BCUT2D eigenvalue weighted by Gasteiger charge is 2.07. The van der Waals surface area contributed by atoms with Crippen molar-refractivity contribution in [2.45, 2.75) is 13.0 Å². The first-order valence-electron chi connectivity index (χ1n) is 4.01. The number of furan rings is 1. The maximum absolute atomic E-state index is 5.76. The molecule has 0 amide bonds. The molecule has 12 heavy (non-hydrogen) atoms. The van der Waals surface area contributed by atoms with Crippen molar-refractivity contribution in [2.75, 3.05) is 0 Å². The van der Waals surface area contributed by atoms with Crippen molar-refractivity contribution in [3.8, 4) is 0 Å². The molecule has 0 radical (unpaired) electrons. The van der Waals surface area contributed by atoms with Crippen LogP contribution in [0.2, 0.25) is 0 Å². The predicted octanol–water partition coefficient (Wildman–Crippen LogP) is 2.45. The van der Waals surface area contributed by atoms with Crippen LogP contribution in [-0.2, 0) is 0 Å². The molecular weight excluding hydrogens is 150 g/mol. The molecule has 0 bridgehead atoms. The van der Waals surface area contributed by atoms with E-state index in [1.807, 2.05) is 31.2 Å². The van der Waals surface area contributed by atoms with Crippen LogP contribution in [0.25, 0.3) is 11.0 Å². The molecule has 2 rings (SSSR count). The first kappa shape index (κ1) is 7.37. The van der Waals surface area contributed by atoms with Gasteiger partial charge in [-0.3, -0.25) is 0 Å². The topological polar surface area (TPSA) is 39.2 Å². The summed E-state index contributed by atoms with van der Waals surface area (Å²) in [6.07, 6.45) is 1.73. The summed E-state index contributed by atoms with van der Waals surface area (Å²) in [6.45, 7) is 1.96. The molecular formula is C10H11NO. The van der Waals surface area contributed by atoms with Gasteiger partial charge in [0.2, 0.25) is 0 Å². The molecule has 0 saturated heterocycles. The molecule has 0 fully saturated rings. The molecule has 2 N–H and O–H groups in total. The van der Waals surface area contributed by atoms with Crippen molar-refractivity contribution in [3.05, 3.63) is 36.1 Å². The van der Waals surface area contributed by atoms with Crippen LogP contribution in [0.1, 0.15) is 18.5 Å². The molecule has 0 aliphatic carbocycles. The SMILES string of the molecule is C[C@@H](N)c1coc2ccccc12. The predicted molar refractivity (Wildman–Crippen MR) is 48.8 cm³/mol. The highest BCUT2D eigenvalue weighted by Crippen LogP contribution is 2.24. The standard InChI is InChI=1S/C10H11NO/c1-7(11)9-6-12-10-5-3-2-4-8(9)10/h2-7H,11H2,1H3/t7-/m1/s1. The zero-order valence-corrected chi connectivity index (χ0v) is 6.95. The Labute approximate surface area is 71.0 Å². The van der Waals surface area contributed by atoms with Crippen molar-refractivity contribution in [3.63, 3.8) is 0 Å². The van der Waals surface area contributed by atoms with E-state index in [1.165, 1.54) is 0 Å². The molecule has 0 aliphatic heterocycles. The molecule has 0 spiro atoms. The minimum Gasteiger partial charge on any atom is -0.464 e. The van der Waals surface area contributed by atoms with E-state index >= 15 is 0 Å². The third-order valence-electron chi connectivity index (χ3n) is 2.00. The van der Waals surface area contributed by atoms with Gasteiger partial charge in [0.15, 0.2) is 0 Å². The largest absolute Gasteiger partial charge is 0.464 e. The van der Waals surface area contributed by atoms with Crippen molar-refractivity contribution in [2.24, 2.45) is 5.73 Å². The third-order valence-corrected chi connectivity index (χ3v) is 2.00. The van der Waals surface area contributed by atoms with Gasteiger partial charge in [-0.1, -0.05) is 18.2 Å². The summed E-state index contributed by atoms with van der Waals surface area (Å²) in [5.41, 5.74) is 7.75. The van der Waals surface area contributed by atoms with Gasteiger partial charge in [0.1, 0.15) is 5.58 Å². The van der Waals surface area contributed by atoms with E-state index in [0.717, 1.165) is 16.5 Å². The van der Waals surface area contributed by atoms with Crippen LogP contribution < -0.4 is 5.73 Å². The average molecular weight is 161 g/mol. The lowest BCUT2D eigenvalue weighted by molar-refractivity contribution is 0.605. The van der Waals surface area contributed by atoms with E-state index < -0.39 is 0 Å². The molecule has 2 heteroatoms. The maximum atomic E-state index is 5.76. The van der Waals surface area contributed by atoms with Crippen LogP contribution in [0.15, 0.2) is 34.9 Å². The summed E-state index contributed by atoms with van der Waals surface area (Å²) in [4.78, 5) is 0. The highest BCUT2D eigenvalue weighted by atomic mass is 16.3. The van der Waals surface area contributed by atoms with Gasteiger partial charge in [-0.25, -0.2) is 0 Å². The number of hydrogen-bond donors (Lipinski definition) is 1. The molecule has 0 unspecified atom stereocenters. The molecule has 1 atom stereocenters. The lowest BCUT2D eigenvalue weighted by Gasteiger charge is -1.99. The van der Waals surface area contributed by atoms with Crippen LogP contribution in [0.4, 0.5) is 0 Å². The van der Waals surface area contributed by atoms with Crippen LogP contribution in [-0.4, -0.2) is 0 Å². The summed E-state index contributed by atoms with van der Waals surface area (Å²) in [5.74, 6) is 0. The van der Waals surface area contributed by atoms with E-state index in [9.17, 15) is 0 Å². The number of hydrogen-bond acceptors (Lipinski definition) is 2. The Bertz CT molecular complexity index is 389. The maximum Gasteiger partial charge on any atom is 0.134 e. The number of rotatable bonds is 1. The molecule has 1 aromatic heterocycles. The zero-order chi connectivity index (χ0) is 8.55. The quantitative estimate of drug-likeness (QED) is 0.697.